The Labute approximate surface area is 234 Å². The Balaban J connectivity index is 1.72. The number of hydrogen-bond acceptors (Lipinski definition) is 7. The molecule has 1 aromatic carbocycles. The average molecular weight is 563 g/mol. The van der Waals surface area contributed by atoms with Crippen LogP contribution in [0.25, 0.3) is 27.7 Å². The van der Waals surface area contributed by atoms with Gasteiger partial charge in [0.15, 0.2) is 0 Å². The van der Waals surface area contributed by atoms with E-state index >= 15 is 0 Å². The zero-order valence-corrected chi connectivity index (χ0v) is 22.9. The fourth-order valence-electron chi connectivity index (χ4n) is 4.36. The van der Waals surface area contributed by atoms with Crippen LogP contribution in [0.15, 0.2) is 61.6 Å². The lowest BCUT2D eigenvalue weighted by atomic mass is 10.0. The molecule has 0 saturated carbocycles. The molecule has 4 heterocycles. The molecule has 2 N–H and O–H groups in total. The van der Waals surface area contributed by atoms with Crippen molar-refractivity contribution in [1.29, 1.82) is 0 Å². The smallest absolute Gasteiger partial charge is 0.248 e. The first-order valence-electron chi connectivity index (χ1n) is 11.8. The predicted octanol–water partition coefficient (Wildman–Crippen LogP) is 6.03. The number of carbonyl (C=O) groups excluding carboxylic acids is 1. The summed E-state index contributed by atoms with van der Waals surface area (Å²) < 4.78 is 13.0. The third kappa shape index (κ3) is 4.94. The van der Waals surface area contributed by atoms with Crippen molar-refractivity contribution in [2.45, 2.75) is 6.42 Å². The third-order valence-electron chi connectivity index (χ3n) is 6.21. The molecule has 11 heteroatoms. The van der Waals surface area contributed by atoms with Crippen molar-refractivity contribution in [3.8, 4) is 22.6 Å². The number of pyridine rings is 3. The molecule has 0 aliphatic carbocycles. The van der Waals surface area contributed by atoms with Crippen LogP contribution in [0.1, 0.15) is 11.3 Å². The maximum atomic E-state index is 11.7. The molecule has 0 unspecified atom stereocenters. The van der Waals surface area contributed by atoms with Crippen LogP contribution in [0.3, 0.4) is 0 Å². The molecule has 5 rings (SSSR count). The van der Waals surface area contributed by atoms with Crippen molar-refractivity contribution in [1.82, 2.24) is 19.4 Å². The van der Waals surface area contributed by atoms with E-state index in [1.807, 2.05) is 35.8 Å². The summed E-state index contributed by atoms with van der Waals surface area (Å²) in [4.78, 5) is 25.4. The summed E-state index contributed by atoms with van der Waals surface area (Å²) >= 11 is 13.6. The van der Waals surface area contributed by atoms with Crippen molar-refractivity contribution in [3.05, 3.63) is 82.9 Å². The number of nitrogens with one attached hydrogen (secondary N) is 2. The molecule has 0 atom stereocenters. The highest BCUT2D eigenvalue weighted by atomic mass is 35.5. The van der Waals surface area contributed by atoms with E-state index in [0.717, 1.165) is 22.2 Å². The molecule has 9 nitrogen and oxygen atoms in total. The Kier molecular flexibility index (Phi) is 7.28. The summed E-state index contributed by atoms with van der Waals surface area (Å²) in [6.45, 7) is 3.48. The van der Waals surface area contributed by atoms with Gasteiger partial charge in [-0.15, -0.1) is 0 Å². The lowest BCUT2D eigenvalue weighted by Gasteiger charge is -2.16. The van der Waals surface area contributed by atoms with Crippen LogP contribution in [-0.2, 0) is 11.2 Å². The van der Waals surface area contributed by atoms with E-state index in [0.29, 0.717) is 56.4 Å². The summed E-state index contributed by atoms with van der Waals surface area (Å²) in [6.07, 6.45) is 7.05. The number of methoxy groups -OCH3 is 2. The highest BCUT2D eigenvalue weighted by molar-refractivity contribution is 6.41. The van der Waals surface area contributed by atoms with Gasteiger partial charge in [-0.1, -0.05) is 29.8 Å². The lowest BCUT2D eigenvalue weighted by Crippen LogP contribution is -2.08. The maximum Gasteiger partial charge on any atom is 0.248 e. The fourth-order valence-corrected chi connectivity index (χ4v) is 5.07. The van der Waals surface area contributed by atoms with Crippen LogP contribution in [0.2, 0.25) is 10.0 Å². The summed E-state index contributed by atoms with van der Waals surface area (Å²) in [5, 5.41) is 7.30. The topological polar surface area (TPSA) is 103 Å². The zero-order chi connectivity index (χ0) is 27.7. The number of halogens is 2. The van der Waals surface area contributed by atoms with E-state index in [9.17, 15) is 4.79 Å². The van der Waals surface area contributed by atoms with Gasteiger partial charge >= 0.3 is 0 Å². The Morgan fingerprint density at radius 2 is 1.82 bits per heavy atom. The number of hydrogen-bond donors (Lipinski definition) is 2. The minimum Gasteiger partial charge on any atom is -0.495 e. The molecular formula is C28H24Cl2N6O3. The van der Waals surface area contributed by atoms with E-state index in [1.165, 1.54) is 20.3 Å². The van der Waals surface area contributed by atoms with Gasteiger partial charge in [0.2, 0.25) is 5.91 Å². The Morgan fingerprint density at radius 1 is 1.08 bits per heavy atom. The summed E-state index contributed by atoms with van der Waals surface area (Å²) in [7, 11) is 4.88. The monoisotopic (exact) mass is 562 g/mol. The van der Waals surface area contributed by atoms with Crippen molar-refractivity contribution in [3.63, 3.8) is 0 Å². The molecule has 0 saturated heterocycles. The minimum absolute atomic E-state index is 0.333. The first-order chi connectivity index (χ1) is 18.9. The van der Waals surface area contributed by atoms with Gasteiger partial charge in [-0.25, -0.2) is 15.0 Å². The molecule has 0 bridgehead atoms. The molecule has 0 aliphatic heterocycles. The van der Waals surface area contributed by atoms with Crippen LogP contribution in [0.5, 0.6) is 11.5 Å². The molecule has 1 amide bonds. The van der Waals surface area contributed by atoms with Crippen LogP contribution < -0.4 is 20.1 Å². The average Bonchev–Trinajstić information content (AvgIpc) is 3.37. The Bertz CT molecular complexity index is 1720. The maximum absolute atomic E-state index is 11.7. The van der Waals surface area contributed by atoms with E-state index in [4.69, 9.17) is 37.7 Å². The number of carbonyl (C=O) groups is 1. The largest absolute Gasteiger partial charge is 0.495 e. The standard InChI is InChI=1S/C28H24Cl2N6O3/c1-5-24(37)35-23-9-15(6-7-32-23)8-17-14-36-19-11-22(31-2)33-13-16(19)10-18(28(36)34-17)25-26(29)20(38-3)12-21(39-4)27(25)30/h5-7,9-14H,1,8H2,2-4H3,(H,31,33)(H,32,35,37). The van der Waals surface area contributed by atoms with Gasteiger partial charge < -0.3 is 20.1 Å². The first kappa shape index (κ1) is 26.3. The van der Waals surface area contributed by atoms with Crippen LogP contribution >= 0.6 is 23.2 Å². The molecule has 0 radical (unpaired) electrons. The van der Waals surface area contributed by atoms with Gasteiger partial charge in [0.25, 0.3) is 0 Å². The number of rotatable bonds is 8. The highest BCUT2D eigenvalue weighted by Gasteiger charge is 2.23. The number of imidazole rings is 1. The van der Waals surface area contributed by atoms with E-state index in [1.54, 1.807) is 24.5 Å². The van der Waals surface area contributed by atoms with E-state index < -0.39 is 0 Å². The molecule has 0 fully saturated rings. The van der Waals surface area contributed by atoms with Gasteiger partial charge in [-0.3, -0.25) is 9.20 Å². The molecule has 39 heavy (non-hydrogen) atoms. The predicted molar refractivity (Wildman–Crippen MR) is 154 cm³/mol. The van der Waals surface area contributed by atoms with Crippen molar-refractivity contribution < 1.29 is 14.3 Å². The van der Waals surface area contributed by atoms with Crippen LogP contribution in [0.4, 0.5) is 11.6 Å². The molecule has 5 aromatic rings. The molecular weight excluding hydrogens is 539 g/mol. The fraction of sp³-hybridized carbons (Fsp3) is 0.143. The van der Waals surface area contributed by atoms with Gasteiger partial charge in [0.05, 0.1) is 35.5 Å². The molecule has 0 aliphatic rings. The number of ether oxygens (including phenoxy) is 2. The lowest BCUT2D eigenvalue weighted by molar-refractivity contribution is -0.111. The van der Waals surface area contributed by atoms with E-state index in [2.05, 4.69) is 27.2 Å². The second kappa shape index (κ2) is 10.8. The van der Waals surface area contributed by atoms with Crippen molar-refractivity contribution in [2.75, 3.05) is 31.9 Å². The number of anilines is 2. The summed E-state index contributed by atoms with van der Waals surface area (Å²) in [5.74, 6) is 1.65. The second-order valence-corrected chi connectivity index (χ2v) is 9.32. The second-order valence-electron chi connectivity index (χ2n) is 8.57. The first-order valence-corrected chi connectivity index (χ1v) is 12.6. The van der Waals surface area contributed by atoms with Gasteiger partial charge in [0.1, 0.15) is 28.8 Å². The SMILES string of the molecule is C=CC(=O)Nc1cc(Cc2cn3c(n2)c(-c2c(Cl)c(OC)cc(OC)c2Cl)cc2cnc(NC)cc23)ccn1. The number of amides is 1. The highest BCUT2D eigenvalue weighted by Crippen LogP contribution is 2.47. The zero-order valence-electron chi connectivity index (χ0n) is 21.4. The summed E-state index contributed by atoms with van der Waals surface area (Å²) in [6, 6.07) is 9.22. The van der Waals surface area contributed by atoms with Crippen molar-refractivity contribution in [2.24, 2.45) is 0 Å². The minimum atomic E-state index is -0.333. The van der Waals surface area contributed by atoms with Crippen LogP contribution in [-0.4, -0.2) is 46.5 Å². The Morgan fingerprint density at radius 3 is 2.49 bits per heavy atom. The number of aromatic nitrogens is 4. The molecule has 0 spiro atoms. The quantitative estimate of drug-likeness (QED) is 0.223. The van der Waals surface area contributed by atoms with Crippen LogP contribution in [0, 0.1) is 0 Å². The normalized spacial score (nSPS) is 11.0. The Hall–Kier alpha value is -4.34. The van der Waals surface area contributed by atoms with Crippen molar-refractivity contribution >= 4 is 57.3 Å². The number of benzene rings is 1. The van der Waals surface area contributed by atoms with Gasteiger partial charge in [-0.05, 0) is 29.8 Å². The van der Waals surface area contributed by atoms with Gasteiger partial charge in [-0.2, -0.15) is 0 Å². The van der Waals surface area contributed by atoms with E-state index in [-0.39, 0.29) is 5.91 Å². The summed E-state index contributed by atoms with van der Waals surface area (Å²) in [5.41, 5.74) is 4.45. The number of nitrogens with zero attached hydrogens (tertiary/aromatic N) is 4. The van der Waals surface area contributed by atoms with Gasteiger partial charge in [0, 0.05) is 60.7 Å². The third-order valence-corrected chi connectivity index (χ3v) is 6.96. The molecule has 198 valence electrons. The number of fused-ring (bicyclic) bond motifs is 3. The molecule has 4 aromatic heterocycles.